The Kier molecular flexibility index (Phi) is 4.09. The molecule has 0 aliphatic carbocycles. The minimum atomic E-state index is 0.667. The third-order valence-electron chi connectivity index (χ3n) is 2.40. The quantitative estimate of drug-likeness (QED) is 0.940. The van der Waals surface area contributed by atoms with Gasteiger partial charge in [0.05, 0.1) is 4.47 Å². The molecule has 4 heteroatoms. The smallest absolute Gasteiger partial charge is 0.222 e. The molecule has 2 aromatic rings. The van der Waals surface area contributed by atoms with Crippen molar-refractivity contribution in [3.05, 3.63) is 52.3 Å². The van der Waals surface area contributed by atoms with E-state index in [1.807, 2.05) is 0 Å². The molecule has 0 amide bonds. The number of aryl methyl sites for hydroxylation is 1. The van der Waals surface area contributed by atoms with Crippen LogP contribution in [0.15, 0.2) is 41.1 Å². The van der Waals surface area contributed by atoms with Crippen molar-refractivity contribution in [2.75, 3.05) is 11.9 Å². The summed E-state index contributed by atoms with van der Waals surface area (Å²) < 4.78 is 0.890. The predicted octanol–water partition coefficient (Wildman–Crippen LogP) is 3.20. The third kappa shape index (κ3) is 3.82. The lowest BCUT2D eigenvalue weighted by Gasteiger charge is -2.05. The SMILES string of the molecule is Cc1cccc(CCNc2ncc(Br)cn2)c1. The first-order valence-corrected chi connectivity index (χ1v) is 6.30. The highest BCUT2D eigenvalue weighted by atomic mass is 79.9. The number of anilines is 1. The van der Waals surface area contributed by atoms with Crippen molar-refractivity contribution < 1.29 is 0 Å². The summed E-state index contributed by atoms with van der Waals surface area (Å²) in [4.78, 5) is 8.32. The lowest BCUT2D eigenvalue weighted by molar-refractivity contribution is 0.980. The molecule has 1 heterocycles. The Labute approximate surface area is 109 Å². The Balaban J connectivity index is 1.85. The summed E-state index contributed by atoms with van der Waals surface area (Å²) in [5.74, 6) is 0.667. The van der Waals surface area contributed by atoms with Gasteiger partial charge in [-0.3, -0.25) is 0 Å². The first-order valence-electron chi connectivity index (χ1n) is 5.51. The van der Waals surface area contributed by atoms with Crippen LogP contribution in [0.25, 0.3) is 0 Å². The number of hydrogen-bond acceptors (Lipinski definition) is 3. The zero-order valence-corrected chi connectivity index (χ0v) is 11.2. The Morgan fingerprint density at radius 1 is 1.24 bits per heavy atom. The van der Waals surface area contributed by atoms with Gasteiger partial charge in [0.2, 0.25) is 5.95 Å². The standard InChI is InChI=1S/C13H14BrN3/c1-10-3-2-4-11(7-10)5-6-15-13-16-8-12(14)9-17-13/h2-4,7-9H,5-6H2,1H3,(H,15,16,17). The lowest BCUT2D eigenvalue weighted by atomic mass is 10.1. The topological polar surface area (TPSA) is 37.8 Å². The summed E-state index contributed by atoms with van der Waals surface area (Å²) in [6.07, 6.45) is 4.45. The van der Waals surface area contributed by atoms with Gasteiger partial charge in [0, 0.05) is 18.9 Å². The van der Waals surface area contributed by atoms with Gasteiger partial charge in [-0.1, -0.05) is 29.8 Å². The number of nitrogens with one attached hydrogen (secondary N) is 1. The summed E-state index contributed by atoms with van der Waals surface area (Å²) in [6.45, 7) is 2.94. The van der Waals surface area contributed by atoms with E-state index >= 15 is 0 Å². The minimum absolute atomic E-state index is 0.667. The molecule has 1 N–H and O–H groups in total. The number of benzene rings is 1. The van der Waals surface area contributed by atoms with Crippen molar-refractivity contribution in [3.8, 4) is 0 Å². The summed E-state index contributed by atoms with van der Waals surface area (Å²) in [7, 11) is 0. The highest BCUT2D eigenvalue weighted by Gasteiger charge is 1.96. The fourth-order valence-electron chi connectivity index (χ4n) is 1.59. The molecule has 1 aromatic heterocycles. The molecule has 0 spiro atoms. The number of hydrogen-bond donors (Lipinski definition) is 1. The summed E-state index contributed by atoms with van der Waals surface area (Å²) in [5.41, 5.74) is 2.62. The molecule has 17 heavy (non-hydrogen) atoms. The van der Waals surface area contributed by atoms with Crippen LogP contribution in [0, 0.1) is 6.92 Å². The summed E-state index contributed by atoms with van der Waals surface area (Å²) >= 11 is 3.31. The average Bonchev–Trinajstić information content (AvgIpc) is 2.32. The molecule has 0 radical (unpaired) electrons. The fraction of sp³-hybridized carbons (Fsp3) is 0.231. The molecule has 1 aromatic carbocycles. The molecular formula is C13H14BrN3. The Morgan fingerprint density at radius 3 is 2.71 bits per heavy atom. The summed E-state index contributed by atoms with van der Waals surface area (Å²) in [6, 6.07) is 8.52. The van der Waals surface area contributed by atoms with Crippen molar-refractivity contribution in [2.45, 2.75) is 13.3 Å². The number of halogens is 1. The Hall–Kier alpha value is -1.42. The molecule has 88 valence electrons. The van der Waals surface area contributed by atoms with Crippen LogP contribution in [0.4, 0.5) is 5.95 Å². The van der Waals surface area contributed by atoms with Gasteiger partial charge in [0.15, 0.2) is 0 Å². The highest BCUT2D eigenvalue weighted by Crippen LogP contribution is 2.08. The predicted molar refractivity (Wildman–Crippen MR) is 73.1 cm³/mol. The van der Waals surface area contributed by atoms with Gasteiger partial charge in [-0.2, -0.15) is 0 Å². The molecule has 2 rings (SSSR count). The van der Waals surface area contributed by atoms with E-state index in [0.29, 0.717) is 5.95 Å². The average molecular weight is 292 g/mol. The normalized spacial score (nSPS) is 10.2. The van der Waals surface area contributed by atoms with Gasteiger partial charge >= 0.3 is 0 Å². The second kappa shape index (κ2) is 5.77. The van der Waals surface area contributed by atoms with E-state index < -0.39 is 0 Å². The van der Waals surface area contributed by atoms with E-state index in [0.717, 1.165) is 17.4 Å². The molecule has 0 aliphatic rings. The molecule has 0 atom stereocenters. The van der Waals surface area contributed by atoms with Crippen molar-refractivity contribution >= 4 is 21.9 Å². The van der Waals surface area contributed by atoms with Gasteiger partial charge in [-0.05, 0) is 34.8 Å². The first-order chi connectivity index (χ1) is 8.24. The maximum atomic E-state index is 4.16. The lowest BCUT2D eigenvalue weighted by Crippen LogP contribution is -2.07. The van der Waals surface area contributed by atoms with E-state index in [9.17, 15) is 0 Å². The molecule has 0 saturated heterocycles. The van der Waals surface area contributed by atoms with Crippen LogP contribution < -0.4 is 5.32 Å². The fourth-order valence-corrected chi connectivity index (χ4v) is 1.79. The molecular weight excluding hydrogens is 278 g/mol. The maximum absolute atomic E-state index is 4.16. The van der Waals surface area contributed by atoms with Crippen LogP contribution in [-0.2, 0) is 6.42 Å². The van der Waals surface area contributed by atoms with E-state index in [2.05, 4.69) is 62.4 Å². The number of rotatable bonds is 4. The van der Waals surface area contributed by atoms with E-state index in [4.69, 9.17) is 0 Å². The van der Waals surface area contributed by atoms with Gasteiger partial charge in [-0.15, -0.1) is 0 Å². The Bertz CT molecular complexity index is 482. The molecule has 3 nitrogen and oxygen atoms in total. The molecule has 0 fully saturated rings. The van der Waals surface area contributed by atoms with Crippen LogP contribution >= 0.6 is 15.9 Å². The molecule has 0 aliphatic heterocycles. The van der Waals surface area contributed by atoms with Crippen molar-refractivity contribution in [1.82, 2.24) is 9.97 Å². The largest absolute Gasteiger partial charge is 0.354 e. The van der Waals surface area contributed by atoms with Crippen LogP contribution in [0.2, 0.25) is 0 Å². The molecule has 0 saturated carbocycles. The number of nitrogens with zero attached hydrogens (tertiary/aromatic N) is 2. The van der Waals surface area contributed by atoms with Crippen molar-refractivity contribution in [2.24, 2.45) is 0 Å². The van der Waals surface area contributed by atoms with E-state index in [1.165, 1.54) is 11.1 Å². The number of aromatic nitrogens is 2. The molecule has 0 bridgehead atoms. The van der Waals surface area contributed by atoms with Gasteiger partial charge in [-0.25, -0.2) is 9.97 Å². The monoisotopic (exact) mass is 291 g/mol. The van der Waals surface area contributed by atoms with Crippen LogP contribution in [0.1, 0.15) is 11.1 Å². The van der Waals surface area contributed by atoms with Crippen molar-refractivity contribution in [1.29, 1.82) is 0 Å². The maximum Gasteiger partial charge on any atom is 0.222 e. The van der Waals surface area contributed by atoms with Gasteiger partial charge in [0.1, 0.15) is 0 Å². The molecule has 0 unspecified atom stereocenters. The second-order valence-electron chi connectivity index (χ2n) is 3.89. The Morgan fingerprint density at radius 2 is 2.00 bits per heavy atom. The second-order valence-corrected chi connectivity index (χ2v) is 4.81. The van der Waals surface area contributed by atoms with Gasteiger partial charge < -0.3 is 5.32 Å². The zero-order chi connectivity index (χ0) is 12.1. The van der Waals surface area contributed by atoms with Gasteiger partial charge in [0.25, 0.3) is 0 Å². The van der Waals surface area contributed by atoms with E-state index in [1.54, 1.807) is 12.4 Å². The summed E-state index contributed by atoms with van der Waals surface area (Å²) in [5, 5.41) is 3.20. The van der Waals surface area contributed by atoms with Crippen LogP contribution in [-0.4, -0.2) is 16.5 Å². The van der Waals surface area contributed by atoms with Crippen molar-refractivity contribution in [3.63, 3.8) is 0 Å². The third-order valence-corrected chi connectivity index (χ3v) is 2.81. The van der Waals surface area contributed by atoms with Crippen LogP contribution in [0.5, 0.6) is 0 Å². The highest BCUT2D eigenvalue weighted by molar-refractivity contribution is 9.10. The minimum Gasteiger partial charge on any atom is -0.354 e. The van der Waals surface area contributed by atoms with Crippen LogP contribution in [0.3, 0.4) is 0 Å². The first kappa shape index (κ1) is 12.0. The zero-order valence-electron chi connectivity index (χ0n) is 9.65. The van der Waals surface area contributed by atoms with E-state index in [-0.39, 0.29) is 0 Å².